The minimum atomic E-state index is 0.0587. The van der Waals surface area contributed by atoms with E-state index in [4.69, 9.17) is 14.5 Å². The zero-order chi connectivity index (χ0) is 23.8. The predicted molar refractivity (Wildman–Crippen MR) is 137 cm³/mol. The molecule has 2 aliphatic rings. The minimum Gasteiger partial charge on any atom is -0.497 e. The van der Waals surface area contributed by atoms with Gasteiger partial charge in [-0.3, -0.25) is 4.90 Å². The average molecular weight is 469 g/mol. The number of aromatic nitrogens is 3. The molecule has 0 bridgehead atoms. The molecule has 2 aromatic heterocycles. The van der Waals surface area contributed by atoms with E-state index in [-0.39, 0.29) is 12.1 Å². The van der Waals surface area contributed by atoms with Gasteiger partial charge in [-0.15, -0.1) is 0 Å². The molecule has 1 aliphatic heterocycles. The maximum Gasteiger partial charge on any atom is 0.213 e. The fraction of sp³-hybridized carbons (Fsp3) is 0.379. The number of pyridine rings is 1. The van der Waals surface area contributed by atoms with E-state index < -0.39 is 0 Å². The van der Waals surface area contributed by atoms with Gasteiger partial charge in [0.25, 0.3) is 0 Å². The summed E-state index contributed by atoms with van der Waals surface area (Å²) in [6.07, 6.45) is 3.97. The third-order valence-corrected chi connectivity index (χ3v) is 7.74. The van der Waals surface area contributed by atoms with Crippen molar-refractivity contribution in [2.24, 2.45) is 11.8 Å². The van der Waals surface area contributed by atoms with E-state index in [2.05, 4.69) is 69.9 Å². The second kappa shape index (κ2) is 9.34. The lowest BCUT2D eigenvalue weighted by atomic mass is 9.77. The van der Waals surface area contributed by atoms with Crippen molar-refractivity contribution >= 4 is 11.0 Å². The summed E-state index contributed by atoms with van der Waals surface area (Å²) in [7, 11) is 1.71. The smallest absolute Gasteiger partial charge is 0.213 e. The fourth-order valence-corrected chi connectivity index (χ4v) is 6.16. The molecule has 6 heteroatoms. The molecule has 1 saturated heterocycles. The van der Waals surface area contributed by atoms with Gasteiger partial charge in [-0.2, -0.15) is 0 Å². The molecule has 0 amide bonds. The molecule has 1 saturated carbocycles. The van der Waals surface area contributed by atoms with Crippen molar-refractivity contribution in [2.75, 3.05) is 20.2 Å². The van der Waals surface area contributed by atoms with Crippen molar-refractivity contribution in [2.45, 2.75) is 38.5 Å². The number of hydrogen-bond donors (Lipinski definition) is 0. The van der Waals surface area contributed by atoms with Crippen molar-refractivity contribution in [3.63, 3.8) is 0 Å². The zero-order valence-corrected chi connectivity index (χ0v) is 20.4. The van der Waals surface area contributed by atoms with Gasteiger partial charge in [0.05, 0.1) is 24.2 Å². The summed E-state index contributed by atoms with van der Waals surface area (Å²) in [5.74, 6) is 3.92. The van der Waals surface area contributed by atoms with Crippen molar-refractivity contribution < 1.29 is 9.47 Å². The number of fused-ring (bicyclic) bond motifs is 2. The highest BCUT2D eigenvalue weighted by molar-refractivity contribution is 5.76. The first-order chi connectivity index (χ1) is 17.2. The van der Waals surface area contributed by atoms with Crippen LogP contribution in [0.5, 0.6) is 11.6 Å². The minimum absolute atomic E-state index is 0.0587. The Morgan fingerprint density at radius 1 is 0.914 bits per heavy atom. The van der Waals surface area contributed by atoms with Crippen LogP contribution < -0.4 is 9.47 Å². The van der Waals surface area contributed by atoms with Crippen LogP contribution in [-0.4, -0.2) is 45.7 Å². The lowest BCUT2D eigenvalue weighted by Gasteiger charge is -2.39. The maximum absolute atomic E-state index is 6.59. The zero-order valence-electron chi connectivity index (χ0n) is 20.4. The Balaban J connectivity index is 1.27. The van der Waals surface area contributed by atoms with Crippen LogP contribution in [0.1, 0.15) is 30.3 Å². The molecule has 0 spiro atoms. The Bertz CT molecular complexity index is 1290. The van der Waals surface area contributed by atoms with Gasteiger partial charge in [0.15, 0.2) is 0 Å². The summed E-state index contributed by atoms with van der Waals surface area (Å²) in [5.41, 5.74) is 3.58. The third-order valence-electron chi connectivity index (χ3n) is 7.74. The average Bonchev–Trinajstić information content (AvgIpc) is 3.43. The normalized spacial score (nSPS) is 24.4. The van der Waals surface area contributed by atoms with Crippen LogP contribution in [0, 0.1) is 18.8 Å². The topological polar surface area (TPSA) is 52.4 Å². The highest BCUT2D eigenvalue weighted by Crippen LogP contribution is 2.44. The molecule has 0 unspecified atom stereocenters. The second-order valence-corrected chi connectivity index (χ2v) is 9.94. The number of likely N-dealkylation sites (tertiary alicyclic amines) is 1. The van der Waals surface area contributed by atoms with Gasteiger partial charge in [-0.1, -0.05) is 30.3 Å². The van der Waals surface area contributed by atoms with Crippen LogP contribution in [0.3, 0.4) is 0 Å². The van der Waals surface area contributed by atoms with Gasteiger partial charge in [-0.25, -0.2) is 9.97 Å². The predicted octanol–water partition coefficient (Wildman–Crippen LogP) is 5.28. The molecule has 4 aromatic rings. The maximum atomic E-state index is 6.59. The van der Waals surface area contributed by atoms with Crippen molar-refractivity contribution in [3.8, 4) is 11.6 Å². The number of aryl methyl sites for hydroxylation is 1. The van der Waals surface area contributed by atoms with Gasteiger partial charge >= 0.3 is 0 Å². The second-order valence-electron chi connectivity index (χ2n) is 9.94. The number of methoxy groups -OCH3 is 1. The number of imidazole rings is 1. The summed E-state index contributed by atoms with van der Waals surface area (Å²) in [5, 5.41) is 0. The van der Waals surface area contributed by atoms with Gasteiger partial charge in [0.1, 0.15) is 17.7 Å². The molecule has 2 aromatic carbocycles. The number of para-hydroxylation sites is 2. The Morgan fingerprint density at radius 3 is 2.46 bits per heavy atom. The van der Waals surface area contributed by atoms with Crippen LogP contribution in [0.4, 0.5) is 0 Å². The van der Waals surface area contributed by atoms with Crippen LogP contribution in [0.15, 0.2) is 72.9 Å². The first-order valence-corrected chi connectivity index (χ1v) is 12.5. The fourth-order valence-electron chi connectivity index (χ4n) is 6.16. The van der Waals surface area contributed by atoms with E-state index in [1.54, 1.807) is 13.3 Å². The molecular formula is C29H32N4O2. The number of ether oxygens (including phenoxy) is 2. The van der Waals surface area contributed by atoms with Crippen LogP contribution in [0.2, 0.25) is 0 Å². The van der Waals surface area contributed by atoms with Gasteiger partial charge < -0.3 is 14.0 Å². The molecule has 3 heterocycles. The molecule has 6 rings (SSSR count). The summed E-state index contributed by atoms with van der Waals surface area (Å²) >= 11 is 0. The van der Waals surface area contributed by atoms with E-state index in [1.807, 2.05) is 18.2 Å². The highest BCUT2D eigenvalue weighted by atomic mass is 16.5. The Kier molecular flexibility index (Phi) is 5.90. The van der Waals surface area contributed by atoms with Crippen LogP contribution in [-0.2, 0) is 6.54 Å². The molecule has 0 radical (unpaired) electrons. The van der Waals surface area contributed by atoms with Gasteiger partial charge in [0, 0.05) is 31.9 Å². The van der Waals surface area contributed by atoms with E-state index >= 15 is 0 Å². The standard InChI is InChI=1S/C29H32N4O2/c1-20-31-25-7-3-4-8-26(25)33(20)27-15-22-18-32(17-21-10-12-24(34-2)13-11-21)19-23(22)16-28(27)35-29-9-5-6-14-30-29/h3-14,22-23,27-28H,15-19H2,1-2H3/t22-,23+,27-,28-/m0/s1. The monoisotopic (exact) mass is 468 g/mol. The van der Waals surface area contributed by atoms with Crippen LogP contribution in [0.25, 0.3) is 11.0 Å². The molecule has 1 aliphatic carbocycles. The van der Waals surface area contributed by atoms with Crippen molar-refractivity contribution in [1.29, 1.82) is 0 Å². The summed E-state index contributed by atoms with van der Waals surface area (Å²) in [4.78, 5) is 12.0. The van der Waals surface area contributed by atoms with Crippen molar-refractivity contribution in [3.05, 3.63) is 84.3 Å². The number of rotatable bonds is 6. The number of hydrogen-bond acceptors (Lipinski definition) is 5. The van der Waals surface area contributed by atoms with Gasteiger partial charge in [0.2, 0.25) is 5.88 Å². The lowest BCUT2D eigenvalue weighted by Crippen LogP contribution is -2.40. The quantitative estimate of drug-likeness (QED) is 0.385. The molecule has 0 N–H and O–H groups in total. The first-order valence-electron chi connectivity index (χ1n) is 12.5. The molecule has 6 nitrogen and oxygen atoms in total. The Labute approximate surface area is 206 Å². The molecule has 2 fully saturated rings. The van der Waals surface area contributed by atoms with Crippen molar-refractivity contribution in [1.82, 2.24) is 19.4 Å². The van der Waals surface area contributed by atoms with E-state index in [0.717, 1.165) is 49.6 Å². The lowest BCUT2D eigenvalue weighted by molar-refractivity contribution is 0.0522. The third kappa shape index (κ3) is 4.39. The molecule has 35 heavy (non-hydrogen) atoms. The SMILES string of the molecule is COc1ccc(CN2C[C@H]3C[C@H](Oc4ccccn4)[C@@H](n4c(C)nc5ccccc54)C[C@H]3C2)cc1. The highest BCUT2D eigenvalue weighted by Gasteiger charge is 2.44. The van der Waals surface area contributed by atoms with E-state index in [9.17, 15) is 0 Å². The largest absolute Gasteiger partial charge is 0.497 e. The molecule has 180 valence electrons. The van der Waals surface area contributed by atoms with Gasteiger partial charge in [-0.05, 0) is 67.5 Å². The number of benzene rings is 2. The van der Waals surface area contributed by atoms with E-state index in [0.29, 0.717) is 17.7 Å². The Hall–Kier alpha value is -3.38. The molecule has 4 atom stereocenters. The van der Waals surface area contributed by atoms with E-state index in [1.165, 1.54) is 11.1 Å². The molecular weight excluding hydrogens is 436 g/mol. The summed E-state index contributed by atoms with van der Waals surface area (Å²) in [6, 6.07) is 23.0. The van der Waals surface area contributed by atoms with Crippen LogP contribution >= 0.6 is 0 Å². The first kappa shape index (κ1) is 22.1. The Morgan fingerprint density at radius 2 is 1.69 bits per heavy atom. The summed E-state index contributed by atoms with van der Waals surface area (Å²) < 4.78 is 14.3. The summed E-state index contributed by atoms with van der Waals surface area (Å²) in [6.45, 7) is 5.32. The number of nitrogens with zero attached hydrogens (tertiary/aromatic N) is 4.